The third-order valence-electron chi connectivity index (χ3n) is 0. The Balaban J connectivity index is -0.00000000857. The fraction of sp³-hybridized carbons (Fsp3) is 0.667. The van der Waals surface area contributed by atoms with Crippen molar-refractivity contribution in [2.24, 2.45) is 11.5 Å². The van der Waals surface area contributed by atoms with Gasteiger partial charge in [0, 0.05) is 0 Å². The average Bonchev–Trinajstić information content (AvgIpc) is 1.93. The Morgan fingerprint density at radius 3 is 0.750 bits per heavy atom. The second-order valence-corrected chi connectivity index (χ2v) is 1.51. The summed E-state index contributed by atoms with van der Waals surface area (Å²) in [6.07, 6.45) is 0. The molecule has 102 valence electrons. The number of aliphatic hydroxyl groups excluding tert-OH is 2. The molecule has 16 heavy (non-hydrogen) atoms. The minimum atomic E-state index is -0.500. The molecule has 0 spiro atoms. The predicted molar refractivity (Wildman–Crippen MR) is 79.5 cm³/mol. The SMILES string of the molecule is CC.CC.NC(O)=S.NC(O)=S.O.O.O.[NaH]. The summed E-state index contributed by atoms with van der Waals surface area (Å²) in [4.78, 5) is 0. The Morgan fingerprint density at radius 2 is 0.750 bits per heavy atom. The van der Waals surface area contributed by atoms with Gasteiger partial charge in [-0.15, -0.1) is 0 Å². The van der Waals surface area contributed by atoms with Crippen molar-refractivity contribution in [3.05, 3.63) is 0 Å². The van der Waals surface area contributed by atoms with Gasteiger partial charge in [-0.2, -0.15) is 0 Å². The van der Waals surface area contributed by atoms with Crippen LogP contribution in [0.3, 0.4) is 0 Å². The predicted octanol–water partition coefficient (Wildman–Crippen LogP) is -1.49. The Kier molecular flexibility index (Phi) is 275. The summed E-state index contributed by atoms with van der Waals surface area (Å²) in [5.41, 5.74) is 8.80. The van der Waals surface area contributed by atoms with Crippen LogP contribution < -0.4 is 11.5 Å². The Morgan fingerprint density at radius 1 is 0.750 bits per heavy atom. The third-order valence-corrected chi connectivity index (χ3v) is 0. The third kappa shape index (κ3) is 37100. The summed E-state index contributed by atoms with van der Waals surface area (Å²) in [5.74, 6) is 0. The number of rotatable bonds is 0. The van der Waals surface area contributed by atoms with E-state index in [9.17, 15) is 0 Å². The van der Waals surface area contributed by atoms with Gasteiger partial charge in [-0.05, 0) is 24.4 Å². The summed E-state index contributed by atoms with van der Waals surface area (Å²) in [7, 11) is 0. The normalized spacial score (nSPS) is 3.75. The summed E-state index contributed by atoms with van der Waals surface area (Å²) in [5, 5.41) is 14.1. The topological polar surface area (TPSA) is 187 Å². The van der Waals surface area contributed by atoms with E-state index in [-0.39, 0.29) is 46.0 Å². The fourth-order valence-corrected chi connectivity index (χ4v) is 0. The molecule has 12 N–H and O–H groups in total. The average molecular weight is 292 g/mol. The molecular weight excluding hydrogens is 267 g/mol. The molecule has 0 aromatic rings. The molecule has 0 saturated heterocycles. The molecule has 0 rings (SSSR count). The van der Waals surface area contributed by atoms with E-state index in [1.807, 2.05) is 27.7 Å². The van der Waals surface area contributed by atoms with Crippen LogP contribution in [0.25, 0.3) is 0 Å². The number of hydrogen-bond donors (Lipinski definition) is 4. The van der Waals surface area contributed by atoms with Gasteiger partial charge in [0.25, 0.3) is 10.3 Å². The first-order valence-corrected chi connectivity index (χ1v) is 4.25. The van der Waals surface area contributed by atoms with Crippen molar-refractivity contribution in [1.29, 1.82) is 0 Å². The zero-order valence-electron chi connectivity index (χ0n) is 9.37. The van der Waals surface area contributed by atoms with Gasteiger partial charge in [-0.25, -0.2) is 0 Å². The van der Waals surface area contributed by atoms with Crippen LogP contribution in [0.2, 0.25) is 0 Å². The molecule has 0 aromatic heterocycles. The number of nitrogens with two attached hydrogens (primary N) is 2. The molecule has 0 unspecified atom stereocenters. The standard InChI is InChI=1S/2C2H6.2CH3NOS.Na.3H2O.H/c2*1-2;2*2-1(3)4;;;;;/h2*1-2H3;2*(H3,2,3,4);;3*1H2;. The van der Waals surface area contributed by atoms with E-state index >= 15 is 0 Å². The minimum absolute atomic E-state index is 0. The van der Waals surface area contributed by atoms with E-state index in [2.05, 4.69) is 35.9 Å². The molecule has 7 nitrogen and oxygen atoms in total. The monoisotopic (exact) mass is 292 g/mol. The van der Waals surface area contributed by atoms with Crippen molar-refractivity contribution >= 4 is 64.3 Å². The van der Waals surface area contributed by atoms with Gasteiger partial charge in [0.1, 0.15) is 0 Å². The van der Waals surface area contributed by atoms with Crippen LogP contribution in [0.5, 0.6) is 0 Å². The van der Waals surface area contributed by atoms with Gasteiger partial charge in [0.05, 0.1) is 0 Å². The van der Waals surface area contributed by atoms with Crippen molar-refractivity contribution in [2.45, 2.75) is 27.7 Å². The molecule has 0 atom stereocenters. The van der Waals surface area contributed by atoms with Gasteiger partial charge in [-0.1, -0.05) is 27.7 Å². The molecule has 0 aliphatic carbocycles. The first-order valence-electron chi connectivity index (χ1n) is 3.43. The second kappa shape index (κ2) is 79.2. The van der Waals surface area contributed by atoms with Gasteiger partial charge < -0.3 is 38.1 Å². The van der Waals surface area contributed by atoms with Crippen molar-refractivity contribution in [2.75, 3.05) is 0 Å². The van der Waals surface area contributed by atoms with Crippen molar-refractivity contribution in [3.8, 4) is 0 Å². The van der Waals surface area contributed by atoms with Crippen LogP contribution in [0, 0.1) is 0 Å². The zero-order chi connectivity index (χ0) is 11.2. The molecule has 0 aromatic carbocycles. The molecule has 0 aliphatic heterocycles. The van der Waals surface area contributed by atoms with Crippen LogP contribution >= 0.6 is 24.4 Å². The molecule has 0 saturated carbocycles. The van der Waals surface area contributed by atoms with Crippen LogP contribution in [-0.2, 0) is 0 Å². The maximum atomic E-state index is 7.56. The van der Waals surface area contributed by atoms with Crippen LogP contribution in [0.1, 0.15) is 27.7 Å². The first kappa shape index (κ1) is 55.5. The molecule has 10 heteroatoms. The molecule has 0 amide bonds. The molecular formula is C6H25N2NaO5S2. The van der Waals surface area contributed by atoms with Crippen LogP contribution in [0.4, 0.5) is 0 Å². The number of hydrogen-bond acceptors (Lipinski definition) is 2. The maximum absolute atomic E-state index is 7.56. The van der Waals surface area contributed by atoms with E-state index in [1.54, 1.807) is 0 Å². The number of thiocarbonyl (C=S) groups is 2. The molecule has 0 bridgehead atoms. The van der Waals surface area contributed by atoms with Crippen LogP contribution in [0.15, 0.2) is 0 Å². The van der Waals surface area contributed by atoms with E-state index in [0.29, 0.717) is 0 Å². The first-order chi connectivity index (χ1) is 5.46. The number of aliphatic hydroxyl groups is 2. The van der Waals surface area contributed by atoms with E-state index in [4.69, 9.17) is 10.2 Å². The fourth-order valence-electron chi connectivity index (χ4n) is 0. The van der Waals surface area contributed by atoms with E-state index < -0.39 is 10.3 Å². The quantitative estimate of drug-likeness (QED) is 0.310. The van der Waals surface area contributed by atoms with E-state index in [1.165, 1.54) is 0 Å². The Bertz CT molecular complexity index is 90.9. The zero-order valence-corrected chi connectivity index (χ0v) is 11.0. The second-order valence-electron chi connectivity index (χ2n) is 0.676. The summed E-state index contributed by atoms with van der Waals surface area (Å²) < 4.78 is 0. The van der Waals surface area contributed by atoms with Crippen LogP contribution in [-0.4, -0.2) is 66.5 Å². The summed E-state index contributed by atoms with van der Waals surface area (Å²) in [6, 6.07) is 0. The molecule has 0 radical (unpaired) electrons. The Hall–Kier alpha value is 0.260. The van der Waals surface area contributed by atoms with Gasteiger partial charge in [0.2, 0.25) is 0 Å². The van der Waals surface area contributed by atoms with Gasteiger partial charge in [0.15, 0.2) is 0 Å². The van der Waals surface area contributed by atoms with Crippen molar-refractivity contribution in [1.82, 2.24) is 0 Å². The van der Waals surface area contributed by atoms with Gasteiger partial charge >= 0.3 is 29.6 Å². The molecule has 0 aliphatic rings. The molecule has 0 fully saturated rings. The van der Waals surface area contributed by atoms with Crippen molar-refractivity contribution in [3.63, 3.8) is 0 Å². The molecule has 0 heterocycles. The Labute approximate surface area is 129 Å². The van der Waals surface area contributed by atoms with Gasteiger partial charge in [-0.3, -0.25) is 0 Å². The van der Waals surface area contributed by atoms with Crippen molar-refractivity contribution < 1.29 is 26.6 Å². The summed E-state index contributed by atoms with van der Waals surface area (Å²) in [6.45, 7) is 8.00. The van der Waals surface area contributed by atoms with E-state index in [0.717, 1.165) is 0 Å². The summed E-state index contributed by atoms with van der Waals surface area (Å²) >= 11 is 7.74.